The van der Waals surface area contributed by atoms with Gasteiger partial charge in [-0.3, -0.25) is 9.48 Å². The maximum absolute atomic E-state index is 12.3. The van der Waals surface area contributed by atoms with Crippen LogP contribution in [-0.4, -0.2) is 32.8 Å². The number of carbonyl (C=O) groups is 2. The molecule has 112 valence electrons. The van der Waals surface area contributed by atoms with Crippen molar-refractivity contribution in [3.8, 4) is 0 Å². The molecule has 1 atom stereocenters. The summed E-state index contributed by atoms with van der Waals surface area (Å²) in [7, 11) is 1.74. The van der Waals surface area contributed by atoms with Crippen LogP contribution in [-0.2, 0) is 17.3 Å². The summed E-state index contributed by atoms with van der Waals surface area (Å²) in [6, 6.07) is -0.861. The zero-order chi connectivity index (χ0) is 15.5. The van der Waals surface area contributed by atoms with E-state index < -0.39 is 12.0 Å². The Hall–Kier alpha value is -1.85. The number of nitrogens with one attached hydrogen (secondary N) is 1. The lowest BCUT2D eigenvalue weighted by Gasteiger charge is -2.18. The summed E-state index contributed by atoms with van der Waals surface area (Å²) in [5.74, 6) is -1.40. The first-order valence-electron chi connectivity index (χ1n) is 6.74. The van der Waals surface area contributed by atoms with Gasteiger partial charge < -0.3 is 10.4 Å². The van der Waals surface area contributed by atoms with Gasteiger partial charge in [0.1, 0.15) is 6.04 Å². The van der Waals surface area contributed by atoms with Crippen LogP contribution in [0.25, 0.3) is 0 Å². The fourth-order valence-corrected chi connectivity index (χ4v) is 1.99. The van der Waals surface area contributed by atoms with Crippen LogP contribution < -0.4 is 5.32 Å². The molecule has 1 aromatic heterocycles. The number of aryl methyl sites for hydroxylation is 1. The normalized spacial score (nSPS) is 13.1. The summed E-state index contributed by atoms with van der Waals surface area (Å²) in [6.07, 6.45) is 2.73. The van der Waals surface area contributed by atoms with E-state index in [-0.39, 0.29) is 11.3 Å². The van der Waals surface area contributed by atoms with E-state index in [9.17, 15) is 9.59 Å². The number of hydrogen-bond donors (Lipinski definition) is 2. The summed E-state index contributed by atoms with van der Waals surface area (Å²) in [6.45, 7) is 7.78. The molecule has 1 aromatic rings. The Bertz CT molecular complexity index is 500. The molecule has 0 saturated heterocycles. The van der Waals surface area contributed by atoms with Gasteiger partial charge in [-0.15, -0.1) is 0 Å². The molecule has 1 rings (SSSR count). The van der Waals surface area contributed by atoms with Crippen LogP contribution in [0.5, 0.6) is 0 Å². The molecule has 1 amide bonds. The predicted molar refractivity (Wildman–Crippen MR) is 75.7 cm³/mol. The highest BCUT2D eigenvalue weighted by Gasteiger charge is 2.28. The van der Waals surface area contributed by atoms with E-state index in [2.05, 4.69) is 10.4 Å². The van der Waals surface area contributed by atoms with Crippen LogP contribution in [0.2, 0.25) is 0 Å². The molecule has 0 aliphatic heterocycles. The van der Waals surface area contributed by atoms with Crippen molar-refractivity contribution in [3.05, 3.63) is 17.5 Å². The SMILES string of the molecule is CCCC(NC(=O)c1cn(C)nc1C(C)(C)C)C(=O)O. The minimum atomic E-state index is -1.01. The van der Waals surface area contributed by atoms with Crippen molar-refractivity contribution in [1.29, 1.82) is 0 Å². The van der Waals surface area contributed by atoms with Crippen molar-refractivity contribution in [1.82, 2.24) is 15.1 Å². The van der Waals surface area contributed by atoms with Gasteiger partial charge in [0.05, 0.1) is 11.3 Å². The van der Waals surface area contributed by atoms with E-state index in [0.29, 0.717) is 24.1 Å². The first kappa shape index (κ1) is 16.2. The average Bonchev–Trinajstić information content (AvgIpc) is 2.70. The Balaban J connectivity index is 3.00. The number of amides is 1. The molecule has 1 heterocycles. The number of hydrogen-bond acceptors (Lipinski definition) is 3. The number of carboxylic acids is 1. The van der Waals surface area contributed by atoms with E-state index in [1.165, 1.54) is 0 Å². The van der Waals surface area contributed by atoms with Crippen LogP contribution in [0.15, 0.2) is 6.20 Å². The minimum absolute atomic E-state index is 0.280. The van der Waals surface area contributed by atoms with Crippen LogP contribution >= 0.6 is 0 Å². The third-order valence-electron chi connectivity index (χ3n) is 2.96. The van der Waals surface area contributed by atoms with E-state index in [4.69, 9.17) is 5.11 Å². The van der Waals surface area contributed by atoms with Crippen molar-refractivity contribution in [2.75, 3.05) is 0 Å². The monoisotopic (exact) mass is 281 g/mol. The maximum atomic E-state index is 12.3. The van der Waals surface area contributed by atoms with E-state index in [1.54, 1.807) is 17.9 Å². The number of aromatic nitrogens is 2. The van der Waals surface area contributed by atoms with Crippen molar-refractivity contribution in [3.63, 3.8) is 0 Å². The molecule has 6 heteroatoms. The lowest BCUT2D eigenvalue weighted by molar-refractivity contribution is -0.139. The Labute approximate surface area is 119 Å². The molecule has 0 aliphatic rings. The van der Waals surface area contributed by atoms with Gasteiger partial charge in [-0.25, -0.2) is 4.79 Å². The van der Waals surface area contributed by atoms with Gasteiger partial charge in [0.15, 0.2) is 0 Å². The van der Waals surface area contributed by atoms with Crippen LogP contribution in [0.1, 0.15) is 56.6 Å². The van der Waals surface area contributed by atoms with E-state index in [0.717, 1.165) is 0 Å². The molecule has 0 aliphatic carbocycles. The van der Waals surface area contributed by atoms with Crippen molar-refractivity contribution in [2.24, 2.45) is 7.05 Å². The third kappa shape index (κ3) is 3.82. The number of nitrogens with zero attached hydrogens (tertiary/aromatic N) is 2. The van der Waals surface area contributed by atoms with Crippen molar-refractivity contribution >= 4 is 11.9 Å². The average molecular weight is 281 g/mol. The fraction of sp³-hybridized carbons (Fsp3) is 0.643. The fourth-order valence-electron chi connectivity index (χ4n) is 1.99. The van der Waals surface area contributed by atoms with Gasteiger partial charge in [-0.2, -0.15) is 5.10 Å². The molecular weight excluding hydrogens is 258 g/mol. The molecule has 6 nitrogen and oxygen atoms in total. The van der Waals surface area contributed by atoms with Gasteiger partial charge in [0.2, 0.25) is 0 Å². The summed E-state index contributed by atoms with van der Waals surface area (Å²) in [5.41, 5.74) is 0.817. The summed E-state index contributed by atoms with van der Waals surface area (Å²) < 4.78 is 1.57. The van der Waals surface area contributed by atoms with E-state index >= 15 is 0 Å². The topological polar surface area (TPSA) is 84.2 Å². The Morgan fingerprint density at radius 3 is 2.50 bits per heavy atom. The third-order valence-corrected chi connectivity index (χ3v) is 2.96. The van der Waals surface area contributed by atoms with Gasteiger partial charge in [0.25, 0.3) is 5.91 Å². The Morgan fingerprint density at radius 2 is 2.05 bits per heavy atom. The first-order valence-corrected chi connectivity index (χ1v) is 6.74. The highest BCUT2D eigenvalue weighted by Crippen LogP contribution is 2.24. The smallest absolute Gasteiger partial charge is 0.326 e. The molecule has 1 unspecified atom stereocenters. The van der Waals surface area contributed by atoms with Gasteiger partial charge >= 0.3 is 5.97 Å². The maximum Gasteiger partial charge on any atom is 0.326 e. The number of carboxylic acid groups (broad SMARTS) is 1. The second-order valence-electron chi connectivity index (χ2n) is 5.97. The Morgan fingerprint density at radius 1 is 1.45 bits per heavy atom. The molecule has 0 spiro atoms. The Kier molecular flexibility index (Phi) is 4.92. The first-order chi connectivity index (χ1) is 9.16. The highest BCUT2D eigenvalue weighted by molar-refractivity contribution is 5.97. The molecule has 0 radical (unpaired) electrons. The van der Waals surface area contributed by atoms with E-state index in [1.807, 2.05) is 27.7 Å². The van der Waals surface area contributed by atoms with Gasteiger partial charge in [-0.1, -0.05) is 34.1 Å². The van der Waals surface area contributed by atoms with Crippen LogP contribution in [0.4, 0.5) is 0 Å². The number of aliphatic carboxylic acids is 1. The summed E-state index contributed by atoms with van der Waals surface area (Å²) >= 11 is 0. The number of carbonyl (C=O) groups excluding carboxylic acids is 1. The molecular formula is C14H23N3O3. The zero-order valence-electron chi connectivity index (χ0n) is 12.7. The molecule has 0 aromatic carbocycles. The standard InChI is InChI=1S/C14H23N3O3/c1-6-7-10(13(19)20)15-12(18)9-8-17(5)16-11(9)14(2,3)4/h8,10H,6-7H2,1-5H3,(H,15,18)(H,19,20). The summed E-state index contributed by atoms with van der Waals surface area (Å²) in [4.78, 5) is 23.4. The molecule has 0 saturated carbocycles. The quantitative estimate of drug-likeness (QED) is 0.860. The lowest BCUT2D eigenvalue weighted by atomic mass is 9.89. The molecule has 0 bridgehead atoms. The molecule has 20 heavy (non-hydrogen) atoms. The van der Waals surface area contributed by atoms with Crippen molar-refractivity contribution < 1.29 is 14.7 Å². The predicted octanol–water partition coefficient (Wildman–Crippen LogP) is 1.70. The van der Waals surface area contributed by atoms with Crippen molar-refractivity contribution in [2.45, 2.75) is 52.0 Å². The zero-order valence-corrected chi connectivity index (χ0v) is 12.7. The van der Waals surface area contributed by atoms with Crippen LogP contribution in [0, 0.1) is 0 Å². The molecule has 2 N–H and O–H groups in total. The van der Waals surface area contributed by atoms with Crippen LogP contribution in [0.3, 0.4) is 0 Å². The molecule has 0 fully saturated rings. The number of rotatable bonds is 5. The largest absolute Gasteiger partial charge is 0.480 e. The lowest BCUT2D eigenvalue weighted by Crippen LogP contribution is -2.41. The highest BCUT2D eigenvalue weighted by atomic mass is 16.4. The second-order valence-corrected chi connectivity index (χ2v) is 5.97. The summed E-state index contributed by atoms with van der Waals surface area (Å²) in [5, 5.41) is 16.0. The van der Waals surface area contributed by atoms with Gasteiger partial charge in [0, 0.05) is 18.7 Å². The minimum Gasteiger partial charge on any atom is -0.480 e. The van der Waals surface area contributed by atoms with Gasteiger partial charge in [-0.05, 0) is 6.42 Å². The second kappa shape index (κ2) is 6.07.